The molecule has 0 saturated carbocycles. The normalized spacial score (nSPS) is 10.4. The summed E-state index contributed by atoms with van der Waals surface area (Å²) >= 11 is 4.41. The quantitative estimate of drug-likeness (QED) is 0.776. The van der Waals surface area contributed by atoms with E-state index in [1.165, 1.54) is 5.56 Å². The molecule has 0 heterocycles. The van der Waals surface area contributed by atoms with Gasteiger partial charge in [-0.3, -0.25) is 0 Å². The molecule has 0 atom stereocenters. The first kappa shape index (κ1) is 11.2. The summed E-state index contributed by atoms with van der Waals surface area (Å²) in [7, 11) is 3.26. The second kappa shape index (κ2) is 4.60. The molecule has 0 N–H and O–H groups in total. The lowest BCUT2D eigenvalue weighted by Gasteiger charge is -2.14. The van der Waals surface area contributed by atoms with Crippen LogP contribution in [0.3, 0.4) is 0 Å². The molecular weight excluding hydrogens is 196 g/mol. The summed E-state index contributed by atoms with van der Waals surface area (Å²) in [4.78, 5) is 0.942. The van der Waals surface area contributed by atoms with E-state index in [4.69, 9.17) is 9.47 Å². The third-order valence-electron chi connectivity index (χ3n) is 2.15. The van der Waals surface area contributed by atoms with Crippen LogP contribution in [-0.2, 0) is 0 Å². The van der Waals surface area contributed by atoms with E-state index in [1.54, 1.807) is 14.2 Å². The molecule has 0 saturated heterocycles. The highest BCUT2D eigenvalue weighted by atomic mass is 32.1. The maximum Gasteiger partial charge on any atom is 0.161 e. The van der Waals surface area contributed by atoms with Gasteiger partial charge in [-0.1, -0.05) is 13.8 Å². The summed E-state index contributed by atoms with van der Waals surface area (Å²) in [6.07, 6.45) is 0. The Balaban J connectivity index is 3.23. The number of benzene rings is 1. The molecule has 78 valence electrons. The average Bonchev–Trinajstić information content (AvgIpc) is 2.16. The molecule has 0 bridgehead atoms. The molecule has 0 aliphatic heterocycles. The number of rotatable bonds is 3. The van der Waals surface area contributed by atoms with Gasteiger partial charge in [0.05, 0.1) is 14.2 Å². The molecule has 0 aliphatic carbocycles. The lowest BCUT2D eigenvalue weighted by atomic mass is 10.0. The van der Waals surface area contributed by atoms with Gasteiger partial charge in [0.1, 0.15) is 0 Å². The van der Waals surface area contributed by atoms with E-state index in [0.29, 0.717) is 5.92 Å². The van der Waals surface area contributed by atoms with Crippen LogP contribution in [0, 0.1) is 0 Å². The van der Waals surface area contributed by atoms with Crippen LogP contribution in [0.2, 0.25) is 0 Å². The van der Waals surface area contributed by atoms with Gasteiger partial charge in [-0.2, -0.15) is 0 Å². The third kappa shape index (κ3) is 2.15. The van der Waals surface area contributed by atoms with Crippen LogP contribution in [0.1, 0.15) is 25.3 Å². The van der Waals surface area contributed by atoms with E-state index in [0.717, 1.165) is 16.4 Å². The number of thiol groups is 1. The largest absolute Gasteiger partial charge is 0.493 e. The fourth-order valence-corrected chi connectivity index (χ4v) is 1.79. The SMILES string of the molecule is COc1cc(S)c(C(C)C)cc1OC. The Bertz CT molecular complexity index is 321. The Labute approximate surface area is 90.6 Å². The molecule has 0 spiro atoms. The fourth-order valence-electron chi connectivity index (χ4n) is 1.35. The first-order valence-corrected chi connectivity index (χ1v) is 4.99. The minimum atomic E-state index is 0.433. The Morgan fingerprint density at radius 3 is 2.00 bits per heavy atom. The number of hydrogen-bond acceptors (Lipinski definition) is 3. The smallest absolute Gasteiger partial charge is 0.161 e. The monoisotopic (exact) mass is 212 g/mol. The van der Waals surface area contributed by atoms with Crippen molar-refractivity contribution in [1.29, 1.82) is 0 Å². The molecule has 0 radical (unpaired) electrons. The zero-order valence-electron chi connectivity index (χ0n) is 9.00. The van der Waals surface area contributed by atoms with Crippen molar-refractivity contribution in [2.45, 2.75) is 24.7 Å². The van der Waals surface area contributed by atoms with Gasteiger partial charge in [0.25, 0.3) is 0 Å². The highest BCUT2D eigenvalue weighted by Crippen LogP contribution is 2.35. The van der Waals surface area contributed by atoms with E-state index < -0.39 is 0 Å². The Kier molecular flexibility index (Phi) is 3.69. The van der Waals surface area contributed by atoms with Crippen molar-refractivity contribution in [2.24, 2.45) is 0 Å². The predicted molar refractivity (Wildman–Crippen MR) is 60.9 cm³/mol. The molecule has 0 amide bonds. The molecule has 3 heteroatoms. The summed E-state index contributed by atoms with van der Waals surface area (Å²) in [6.45, 7) is 4.25. The molecule has 1 aromatic rings. The van der Waals surface area contributed by atoms with Gasteiger partial charge >= 0.3 is 0 Å². The van der Waals surface area contributed by atoms with E-state index >= 15 is 0 Å². The highest BCUT2D eigenvalue weighted by molar-refractivity contribution is 7.80. The Morgan fingerprint density at radius 2 is 1.57 bits per heavy atom. The number of hydrogen-bond donors (Lipinski definition) is 1. The fraction of sp³-hybridized carbons (Fsp3) is 0.455. The minimum Gasteiger partial charge on any atom is -0.493 e. The number of ether oxygens (including phenoxy) is 2. The van der Waals surface area contributed by atoms with E-state index in [9.17, 15) is 0 Å². The van der Waals surface area contributed by atoms with Gasteiger partial charge in [0.15, 0.2) is 11.5 Å². The van der Waals surface area contributed by atoms with Crippen LogP contribution in [0.5, 0.6) is 11.5 Å². The number of methoxy groups -OCH3 is 2. The molecule has 0 aliphatic rings. The molecular formula is C11H16O2S. The van der Waals surface area contributed by atoms with Crippen molar-refractivity contribution in [3.05, 3.63) is 17.7 Å². The van der Waals surface area contributed by atoms with Crippen LogP contribution in [0.4, 0.5) is 0 Å². The van der Waals surface area contributed by atoms with Crippen LogP contribution >= 0.6 is 12.6 Å². The summed E-state index contributed by atoms with van der Waals surface area (Å²) in [6, 6.07) is 3.86. The molecule has 2 nitrogen and oxygen atoms in total. The topological polar surface area (TPSA) is 18.5 Å². The van der Waals surface area contributed by atoms with Crippen molar-refractivity contribution >= 4 is 12.6 Å². The van der Waals surface area contributed by atoms with Gasteiger partial charge in [0.2, 0.25) is 0 Å². The zero-order chi connectivity index (χ0) is 10.7. The minimum absolute atomic E-state index is 0.433. The lowest BCUT2D eigenvalue weighted by Crippen LogP contribution is -1.95. The van der Waals surface area contributed by atoms with Crippen molar-refractivity contribution in [3.63, 3.8) is 0 Å². The summed E-state index contributed by atoms with van der Waals surface area (Å²) in [5.74, 6) is 1.92. The predicted octanol–water partition coefficient (Wildman–Crippen LogP) is 3.12. The zero-order valence-corrected chi connectivity index (χ0v) is 9.89. The second-order valence-corrected chi connectivity index (χ2v) is 3.90. The summed E-state index contributed by atoms with van der Waals surface area (Å²) < 4.78 is 10.4. The first-order valence-electron chi connectivity index (χ1n) is 4.55. The van der Waals surface area contributed by atoms with Crippen molar-refractivity contribution in [1.82, 2.24) is 0 Å². The standard InChI is InChI=1S/C11H16O2S/c1-7(2)8-5-9(12-3)10(13-4)6-11(8)14/h5-7,14H,1-4H3. The molecule has 14 heavy (non-hydrogen) atoms. The Morgan fingerprint density at radius 1 is 1.07 bits per heavy atom. The third-order valence-corrected chi connectivity index (χ3v) is 2.54. The van der Waals surface area contributed by atoms with Crippen molar-refractivity contribution in [2.75, 3.05) is 14.2 Å². The molecule has 0 aromatic heterocycles. The highest BCUT2D eigenvalue weighted by Gasteiger charge is 2.10. The van der Waals surface area contributed by atoms with Crippen LogP contribution in [0.15, 0.2) is 17.0 Å². The van der Waals surface area contributed by atoms with Crippen molar-refractivity contribution in [3.8, 4) is 11.5 Å². The van der Waals surface area contributed by atoms with Gasteiger partial charge in [-0.15, -0.1) is 12.6 Å². The molecule has 1 aromatic carbocycles. The maximum atomic E-state index is 5.22. The molecule has 0 fully saturated rings. The average molecular weight is 212 g/mol. The van der Waals surface area contributed by atoms with Gasteiger partial charge < -0.3 is 9.47 Å². The van der Waals surface area contributed by atoms with E-state index in [2.05, 4.69) is 26.5 Å². The summed E-state index contributed by atoms with van der Waals surface area (Å²) in [5, 5.41) is 0. The van der Waals surface area contributed by atoms with Gasteiger partial charge in [-0.05, 0) is 23.6 Å². The van der Waals surface area contributed by atoms with E-state index in [-0.39, 0.29) is 0 Å². The lowest BCUT2D eigenvalue weighted by molar-refractivity contribution is 0.353. The second-order valence-electron chi connectivity index (χ2n) is 3.42. The van der Waals surface area contributed by atoms with Crippen molar-refractivity contribution < 1.29 is 9.47 Å². The molecule has 1 rings (SSSR count). The molecule has 0 unspecified atom stereocenters. The van der Waals surface area contributed by atoms with Crippen LogP contribution < -0.4 is 9.47 Å². The van der Waals surface area contributed by atoms with E-state index in [1.807, 2.05) is 12.1 Å². The van der Waals surface area contributed by atoms with Crippen LogP contribution in [-0.4, -0.2) is 14.2 Å². The van der Waals surface area contributed by atoms with Crippen LogP contribution in [0.25, 0.3) is 0 Å². The Hall–Kier alpha value is -0.830. The van der Waals surface area contributed by atoms with Gasteiger partial charge in [0, 0.05) is 4.90 Å². The summed E-state index contributed by atoms with van der Waals surface area (Å²) in [5.41, 5.74) is 1.17. The van der Waals surface area contributed by atoms with Gasteiger partial charge in [-0.25, -0.2) is 0 Å². The first-order chi connectivity index (χ1) is 6.60. The maximum absolute atomic E-state index is 5.22.